The maximum absolute atomic E-state index is 12.6. The average Bonchev–Trinajstić information content (AvgIpc) is 3.46. The first-order chi connectivity index (χ1) is 14.8. The lowest BCUT2D eigenvalue weighted by Gasteiger charge is -2.70. The molecule has 4 aliphatic carbocycles. The highest BCUT2D eigenvalue weighted by molar-refractivity contribution is 6.30. The third kappa shape index (κ3) is 4.32. The standard InChI is InChI=1S/C23H22Cl2N2O4/c24-14-1-5-16(6-2-14)30-10-20(28)26-22-11-23(12-22,13-22)27-21(29)18-9-19(18)31-17-7-3-15(25)4-8-17/h1-8,18-19,25H,9-13H2,(H-,26,27,28,29)/p+1. The summed E-state index contributed by atoms with van der Waals surface area (Å²) in [5.74, 6) is 1.10. The first kappa shape index (κ1) is 20.5. The molecule has 6 rings (SSSR count). The number of halogens is 2. The summed E-state index contributed by atoms with van der Waals surface area (Å²) < 4.78 is 11.3. The van der Waals surface area contributed by atoms with Crippen LogP contribution in [0.15, 0.2) is 48.5 Å². The van der Waals surface area contributed by atoms with Crippen molar-refractivity contribution >= 4 is 23.4 Å². The van der Waals surface area contributed by atoms with E-state index >= 15 is 0 Å². The molecule has 0 aliphatic heterocycles. The highest BCUT2D eigenvalue weighted by atomic mass is 35.5. The maximum atomic E-state index is 12.6. The first-order valence-electron chi connectivity index (χ1n) is 10.3. The predicted octanol–water partition coefficient (Wildman–Crippen LogP) is 2.79. The Morgan fingerprint density at radius 1 is 0.968 bits per heavy atom. The van der Waals surface area contributed by atoms with Crippen LogP contribution >= 0.6 is 11.6 Å². The number of hydrogen-bond donors (Lipinski definition) is 2. The summed E-state index contributed by atoms with van der Waals surface area (Å²) in [6.45, 7) is -0.0454. The number of rotatable bonds is 8. The van der Waals surface area contributed by atoms with E-state index in [0.717, 1.165) is 36.5 Å². The quantitative estimate of drug-likeness (QED) is 0.633. The Bertz CT molecular complexity index is 989. The fourth-order valence-electron chi connectivity index (χ4n) is 4.69. The zero-order valence-corrected chi connectivity index (χ0v) is 18.3. The Labute approximate surface area is 190 Å². The maximum Gasteiger partial charge on any atom is 0.258 e. The first-order valence-corrected chi connectivity index (χ1v) is 11.1. The summed E-state index contributed by atoms with van der Waals surface area (Å²) >= 11 is 10.9. The van der Waals surface area contributed by atoms with E-state index in [1.807, 2.05) is 24.3 Å². The molecule has 0 saturated heterocycles. The van der Waals surface area contributed by atoms with Gasteiger partial charge in [0, 0.05) is 34.7 Å². The van der Waals surface area contributed by atoms with Gasteiger partial charge >= 0.3 is 0 Å². The molecule has 162 valence electrons. The minimum atomic E-state index is -0.209. The van der Waals surface area contributed by atoms with E-state index in [4.69, 9.17) is 32.7 Å². The zero-order valence-electron chi connectivity index (χ0n) is 16.7. The number of carbonyl (C=O) groups excluding carboxylic acids is 2. The van der Waals surface area contributed by atoms with Crippen LogP contribution < -0.4 is 20.1 Å². The lowest BCUT2D eigenvalue weighted by molar-refractivity contribution is -0.288. The number of ether oxygens (including phenoxy) is 2. The number of benzene rings is 2. The van der Waals surface area contributed by atoms with Gasteiger partial charge in [-0.25, -0.2) is 0 Å². The van der Waals surface area contributed by atoms with Gasteiger partial charge < -0.3 is 20.1 Å². The Balaban J connectivity index is 1.03. The van der Waals surface area contributed by atoms with Gasteiger partial charge in [0.25, 0.3) is 5.91 Å². The van der Waals surface area contributed by atoms with Crippen molar-refractivity contribution in [1.29, 1.82) is 0 Å². The predicted molar refractivity (Wildman–Crippen MR) is 112 cm³/mol. The third-order valence-electron chi connectivity index (χ3n) is 6.19. The third-order valence-corrected chi connectivity index (χ3v) is 6.71. The van der Waals surface area contributed by atoms with Crippen molar-refractivity contribution in [1.82, 2.24) is 10.6 Å². The van der Waals surface area contributed by atoms with Crippen LogP contribution in [0.1, 0.15) is 25.7 Å². The smallest absolute Gasteiger partial charge is 0.258 e. The van der Waals surface area contributed by atoms with E-state index in [1.54, 1.807) is 24.3 Å². The van der Waals surface area contributed by atoms with Crippen LogP contribution in [0.2, 0.25) is 10.0 Å². The van der Waals surface area contributed by atoms with Crippen LogP contribution in [-0.4, -0.2) is 35.6 Å². The van der Waals surface area contributed by atoms with Crippen molar-refractivity contribution in [2.75, 3.05) is 6.61 Å². The Morgan fingerprint density at radius 2 is 1.58 bits per heavy atom. The molecule has 4 aliphatic rings. The molecule has 31 heavy (non-hydrogen) atoms. The molecule has 4 fully saturated rings. The molecule has 2 atom stereocenters. The fraction of sp³-hybridized carbons (Fsp3) is 0.391. The van der Waals surface area contributed by atoms with Gasteiger partial charge in [-0.15, -0.1) is 0 Å². The molecule has 0 heterocycles. The molecule has 0 radical (unpaired) electrons. The summed E-state index contributed by atoms with van der Waals surface area (Å²) in [5, 5.41) is 7.61. The summed E-state index contributed by atoms with van der Waals surface area (Å²) in [7, 11) is 0. The van der Waals surface area contributed by atoms with Gasteiger partial charge in [-0.3, -0.25) is 9.59 Å². The Kier molecular flexibility index (Phi) is 5.02. The van der Waals surface area contributed by atoms with Crippen LogP contribution in [0.4, 0.5) is 0 Å². The second-order valence-corrected chi connectivity index (χ2v) is 9.75. The summed E-state index contributed by atoms with van der Waals surface area (Å²) in [4.78, 5) is 24.8. The van der Waals surface area contributed by atoms with Gasteiger partial charge in [0.15, 0.2) is 18.2 Å². The van der Waals surface area contributed by atoms with Gasteiger partial charge in [-0.05, 0) is 55.7 Å². The monoisotopic (exact) mass is 461 g/mol. The lowest BCUT2D eigenvalue weighted by atomic mass is 9.44. The normalized spacial score (nSPS) is 29.7. The van der Waals surface area contributed by atoms with Crippen molar-refractivity contribution < 1.29 is 30.7 Å². The molecule has 2 bridgehead atoms. The van der Waals surface area contributed by atoms with Crippen molar-refractivity contribution in [3.8, 4) is 11.5 Å². The minimum Gasteiger partial charge on any atom is -0.490 e. The van der Waals surface area contributed by atoms with Gasteiger partial charge in [0.2, 0.25) is 10.9 Å². The molecule has 6 nitrogen and oxygen atoms in total. The largest absolute Gasteiger partial charge is 0.490 e. The SMILES string of the molecule is O=C(COc1ccc(Cl)cc1)NC12CC(NC(=O)C3CC3Oc3ccc([ClH+])cc3)(C1)C2. The number of hydrogen-bond acceptors (Lipinski definition) is 4. The van der Waals surface area contributed by atoms with Crippen LogP contribution in [0, 0.1) is 17.5 Å². The zero-order chi connectivity index (χ0) is 21.6. The van der Waals surface area contributed by atoms with Gasteiger partial charge in [0.05, 0.1) is 5.92 Å². The van der Waals surface area contributed by atoms with Gasteiger partial charge in [-0.1, -0.05) is 11.6 Å². The minimum absolute atomic E-state index is 0.0376. The van der Waals surface area contributed by atoms with E-state index in [-0.39, 0.29) is 41.5 Å². The van der Waals surface area contributed by atoms with Crippen LogP contribution in [0.3, 0.4) is 0 Å². The number of amides is 2. The molecule has 2 aromatic rings. The molecule has 8 heteroatoms. The highest BCUT2D eigenvalue weighted by Gasteiger charge is 2.69. The fourth-order valence-corrected chi connectivity index (χ4v) is 4.95. The lowest BCUT2D eigenvalue weighted by Crippen LogP contribution is -2.84. The number of nitrogens with one attached hydrogen (secondary N) is 2. The molecule has 2 unspecified atom stereocenters. The van der Waals surface area contributed by atoms with E-state index in [2.05, 4.69) is 10.6 Å². The van der Waals surface area contributed by atoms with Gasteiger partial charge in [-0.2, -0.15) is 0 Å². The second-order valence-electron chi connectivity index (χ2n) is 8.84. The molecule has 2 aromatic carbocycles. The summed E-state index contributed by atoms with van der Waals surface area (Å²) in [6.07, 6.45) is 2.92. The van der Waals surface area contributed by atoms with Crippen molar-refractivity contribution in [3.63, 3.8) is 0 Å². The van der Waals surface area contributed by atoms with Crippen LogP contribution in [0.25, 0.3) is 0 Å². The molecule has 2 N–H and O–H groups in total. The highest BCUT2D eigenvalue weighted by Crippen LogP contribution is 2.60. The molecular formula is C23H23Cl2N2O4+. The van der Waals surface area contributed by atoms with Crippen LogP contribution in [0.5, 0.6) is 11.5 Å². The van der Waals surface area contributed by atoms with E-state index in [0.29, 0.717) is 10.8 Å². The van der Waals surface area contributed by atoms with Crippen molar-refractivity contribution in [3.05, 3.63) is 58.6 Å². The second kappa shape index (κ2) is 7.61. The molecule has 4 saturated carbocycles. The van der Waals surface area contributed by atoms with E-state index < -0.39 is 0 Å². The van der Waals surface area contributed by atoms with E-state index in [1.165, 1.54) is 0 Å². The Morgan fingerprint density at radius 3 is 2.26 bits per heavy atom. The Hall–Kier alpha value is -2.44. The summed E-state index contributed by atoms with van der Waals surface area (Å²) in [5.41, 5.74) is -0.391. The van der Waals surface area contributed by atoms with Crippen LogP contribution in [-0.2, 0) is 9.59 Å². The van der Waals surface area contributed by atoms with Crippen molar-refractivity contribution in [2.24, 2.45) is 5.92 Å². The molecule has 0 aromatic heterocycles. The molecular weight excluding hydrogens is 439 g/mol. The van der Waals surface area contributed by atoms with Gasteiger partial charge in [0.1, 0.15) is 17.6 Å². The van der Waals surface area contributed by atoms with E-state index in [9.17, 15) is 9.59 Å². The topological polar surface area (TPSA) is 76.7 Å². The molecule has 0 spiro atoms. The van der Waals surface area contributed by atoms with Crippen molar-refractivity contribution in [2.45, 2.75) is 42.9 Å². The molecule has 2 amide bonds. The number of carbonyl (C=O) groups is 2. The average molecular weight is 462 g/mol. The summed E-state index contributed by atoms with van der Waals surface area (Å²) in [6, 6.07) is 14.2.